The molecule has 6 heteroatoms. The van der Waals surface area contributed by atoms with Gasteiger partial charge in [-0.2, -0.15) is 0 Å². The van der Waals surface area contributed by atoms with Crippen LogP contribution in [-0.4, -0.2) is 22.1 Å². The summed E-state index contributed by atoms with van der Waals surface area (Å²) in [6.45, 7) is 3.45. The van der Waals surface area contributed by atoms with E-state index < -0.39 is 0 Å². The largest absolute Gasteiger partial charge is 0.338 e. The van der Waals surface area contributed by atoms with E-state index in [1.165, 1.54) is 0 Å². The number of hydrogen-bond acceptors (Lipinski definition) is 2. The highest BCUT2D eigenvalue weighted by molar-refractivity contribution is 9.10. The Labute approximate surface area is 126 Å². The molecule has 20 heavy (non-hydrogen) atoms. The summed E-state index contributed by atoms with van der Waals surface area (Å²) >= 11 is 3.43. The standard InChI is InChI=1S/C14H17BrN4O/c1-11-9-12(3-4-13(11)15)18-14(20)17-5-2-7-19-8-6-16-10-19/h3-4,6,8-10H,2,5,7H2,1H3,(H2,17,18,20). The van der Waals surface area contributed by atoms with Crippen LogP contribution >= 0.6 is 15.9 Å². The van der Waals surface area contributed by atoms with E-state index in [0.29, 0.717) is 6.54 Å². The van der Waals surface area contributed by atoms with Crippen LogP contribution in [0.15, 0.2) is 41.4 Å². The number of carbonyl (C=O) groups is 1. The molecule has 2 rings (SSSR count). The van der Waals surface area contributed by atoms with E-state index >= 15 is 0 Å². The quantitative estimate of drug-likeness (QED) is 0.824. The SMILES string of the molecule is Cc1cc(NC(=O)NCCCn2ccnc2)ccc1Br. The molecular formula is C14H17BrN4O. The Morgan fingerprint density at radius 1 is 1.45 bits per heavy atom. The third kappa shape index (κ3) is 4.38. The second-order valence-corrected chi connectivity index (χ2v) is 5.35. The number of imidazole rings is 1. The van der Waals surface area contributed by atoms with Crippen LogP contribution in [0.3, 0.4) is 0 Å². The monoisotopic (exact) mass is 336 g/mol. The molecule has 1 aromatic carbocycles. The van der Waals surface area contributed by atoms with Gasteiger partial charge < -0.3 is 15.2 Å². The van der Waals surface area contributed by atoms with Crippen LogP contribution in [0.25, 0.3) is 0 Å². The van der Waals surface area contributed by atoms with E-state index in [9.17, 15) is 4.79 Å². The molecule has 0 fully saturated rings. The van der Waals surface area contributed by atoms with E-state index in [2.05, 4.69) is 31.5 Å². The van der Waals surface area contributed by atoms with E-state index in [-0.39, 0.29) is 6.03 Å². The zero-order chi connectivity index (χ0) is 14.4. The van der Waals surface area contributed by atoms with Crippen molar-refractivity contribution in [2.24, 2.45) is 0 Å². The Hall–Kier alpha value is -1.82. The maximum atomic E-state index is 11.7. The minimum absolute atomic E-state index is 0.183. The zero-order valence-electron chi connectivity index (χ0n) is 11.3. The average molecular weight is 337 g/mol. The third-order valence-electron chi connectivity index (χ3n) is 2.85. The first-order valence-electron chi connectivity index (χ1n) is 6.42. The van der Waals surface area contributed by atoms with Gasteiger partial charge in [-0.25, -0.2) is 9.78 Å². The number of carbonyl (C=O) groups excluding carboxylic acids is 1. The minimum atomic E-state index is -0.183. The first-order chi connectivity index (χ1) is 9.65. The highest BCUT2D eigenvalue weighted by Gasteiger charge is 2.02. The lowest BCUT2D eigenvalue weighted by Gasteiger charge is -2.09. The molecule has 0 atom stereocenters. The van der Waals surface area contributed by atoms with Gasteiger partial charge in [0.25, 0.3) is 0 Å². The lowest BCUT2D eigenvalue weighted by molar-refractivity contribution is 0.252. The molecular weight excluding hydrogens is 320 g/mol. The molecule has 0 aliphatic rings. The molecule has 0 aliphatic heterocycles. The number of rotatable bonds is 5. The second kappa shape index (κ2) is 7.09. The van der Waals surface area contributed by atoms with Gasteiger partial charge in [-0.15, -0.1) is 0 Å². The molecule has 1 heterocycles. The average Bonchev–Trinajstić information content (AvgIpc) is 2.92. The van der Waals surface area contributed by atoms with Crippen LogP contribution in [0.1, 0.15) is 12.0 Å². The molecule has 2 amide bonds. The van der Waals surface area contributed by atoms with Gasteiger partial charge >= 0.3 is 6.03 Å². The number of urea groups is 1. The van der Waals surface area contributed by atoms with Crippen LogP contribution < -0.4 is 10.6 Å². The number of anilines is 1. The highest BCUT2D eigenvalue weighted by atomic mass is 79.9. The van der Waals surface area contributed by atoms with Crippen LogP contribution in [0.5, 0.6) is 0 Å². The Bertz CT molecular complexity index is 569. The number of benzene rings is 1. The van der Waals surface area contributed by atoms with E-state index in [4.69, 9.17) is 0 Å². The van der Waals surface area contributed by atoms with Crippen LogP contribution in [0.2, 0.25) is 0 Å². The summed E-state index contributed by atoms with van der Waals surface area (Å²) < 4.78 is 3.02. The fraction of sp³-hybridized carbons (Fsp3) is 0.286. The number of amides is 2. The number of aromatic nitrogens is 2. The molecule has 0 saturated heterocycles. The molecule has 0 radical (unpaired) electrons. The lowest BCUT2D eigenvalue weighted by Crippen LogP contribution is -2.30. The van der Waals surface area contributed by atoms with Crippen LogP contribution in [0, 0.1) is 6.92 Å². The van der Waals surface area contributed by atoms with Crippen molar-refractivity contribution < 1.29 is 4.79 Å². The molecule has 0 aliphatic carbocycles. The Kier molecular flexibility index (Phi) is 5.17. The molecule has 1 aromatic heterocycles. The minimum Gasteiger partial charge on any atom is -0.338 e. The van der Waals surface area contributed by atoms with Crippen LogP contribution in [-0.2, 0) is 6.54 Å². The number of aryl methyl sites for hydroxylation is 2. The summed E-state index contributed by atoms with van der Waals surface area (Å²) in [6, 6.07) is 5.53. The fourth-order valence-corrected chi connectivity index (χ4v) is 2.03. The van der Waals surface area contributed by atoms with E-state index in [0.717, 1.165) is 28.7 Å². The number of hydrogen-bond donors (Lipinski definition) is 2. The van der Waals surface area contributed by atoms with Crippen molar-refractivity contribution >= 4 is 27.6 Å². The van der Waals surface area contributed by atoms with Crippen molar-refractivity contribution in [2.45, 2.75) is 19.9 Å². The van der Waals surface area contributed by atoms with Crippen molar-refractivity contribution in [1.82, 2.24) is 14.9 Å². The van der Waals surface area contributed by atoms with Gasteiger partial charge in [-0.3, -0.25) is 0 Å². The molecule has 0 bridgehead atoms. The summed E-state index contributed by atoms with van der Waals surface area (Å²) in [5.74, 6) is 0. The van der Waals surface area contributed by atoms with Gasteiger partial charge in [0.05, 0.1) is 6.33 Å². The van der Waals surface area contributed by atoms with Gasteiger partial charge in [-0.05, 0) is 37.1 Å². The number of nitrogens with zero attached hydrogens (tertiary/aromatic N) is 2. The zero-order valence-corrected chi connectivity index (χ0v) is 12.9. The molecule has 106 valence electrons. The first-order valence-corrected chi connectivity index (χ1v) is 7.21. The Morgan fingerprint density at radius 2 is 2.30 bits per heavy atom. The van der Waals surface area contributed by atoms with E-state index in [1.54, 1.807) is 12.5 Å². The molecule has 0 spiro atoms. The maximum Gasteiger partial charge on any atom is 0.319 e. The van der Waals surface area contributed by atoms with Crippen molar-refractivity contribution in [2.75, 3.05) is 11.9 Å². The summed E-state index contributed by atoms with van der Waals surface area (Å²) in [4.78, 5) is 15.7. The fourth-order valence-electron chi connectivity index (χ4n) is 1.78. The summed E-state index contributed by atoms with van der Waals surface area (Å²) in [5.41, 5.74) is 1.88. The van der Waals surface area contributed by atoms with E-state index in [1.807, 2.05) is 35.9 Å². The topological polar surface area (TPSA) is 59.0 Å². The summed E-state index contributed by atoms with van der Waals surface area (Å²) in [6.07, 6.45) is 6.29. The predicted octanol–water partition coefficient (Wildman–Crippen LogP) is 3.17. The van der Waals surface area contributed by atoms with Crippen molar-refractivity contribution in [3.05, 3.63) is 47.0 Å². The predicted molar refractivity (Wildman–Crippen MR) is 82.7 cm³/mol. The Morgan fingerprint density at radius 3 is 3.00 bits per heavy atom. The van der Waals surface area contributed by atoms with Gasteiger partial charge in [0.15, 0.2) is 0 Å². The van der Waals surface area contributed by atoms with Gasteiger partial charge in [-0.1, -0.05) is 15.9 Å². The molecule has 5 nitrogen and oxygen atoms in total. The van der Waals surface area contributed by atoms with Crippen molar-refractivity contribution in [3.8, 4) is 0 Å². The van der Waals surface area contributed by atoms with Crippen molar-refractivity contribution in [3.63, 3.8) is 0 Å². The van der Waals surface area contributed by atoms with Crippen LogP contribution in [0.4, 0.5) is 10.5 Å². The first kappa shape index (κ1) is 14.6. The molecule has 0 unspecified atom stereocenters. The third-order valence-corrected chi connectivity index (χ3v) is 3.74. The smallest absolute Gasteiger partial charge is 0.319 e. The van der Waals surface area contributed by atoms with Gasteiger partial charge in [0.2, 0.25) is 0 Å². The van der Waals surface area contributed by atoms with Gasteiger partial charge in [0.1, 0.15) is 0 Å². The normalized spacial score (nSPS) is 10.3. The Balaban J connectivity index is 1.71. The maximum absolute atomic E-state index is 11.7. The van der Waals surface area contributed by atoms with Gasteiger partial charge in [0, 0.05) is 35.6 Å². The number of halogens is 1. The molecule has 0 saturated carbocycles. The van der Waals surface area contributed by atoms with Crippen molar-refractivity contribution in [1.29, 1.82) is 0 Å². The summed E-state index contributed by atoms with van der Waals surface area (Å²) in [7, 11) is 0. The molecule has 2 N–H and O–H groups in total. The second-order valence-electron chi connectivity index (χ2n) is 4.50. The molecule has 2 aromatic rings. The highest BCUT2D eigenvalue weighted by Crippen LogP contribution is 2.19. The summed E-state index contributed by atoms with van der Waals surface area (Å²) in [5, 5.41) is 5.65. The lowest BCUT2D eigenvalue weighted by atomic mass is 10.2. The number of nitrogens with one attached hydrogen (secondary N) is 2.